The van der Waals surface area contributed by atoms with Gasteiger partial charge in [-0.15, -0.1) is 12.6 Å². The maximum atomic E-state index is 12.4. The van der Waals surface area contributed by atoms with Gasteiger partial charge in [0.15, 0.2) is 5.78 Å². The lowest BCUT2D eigenvalue weighted by Gasteiger charge is -2.17. The average Bonchev–Trinajstić information content (AvgIpc) is 2.54. The van der Waals surface area contributed by atoms with E-state index in [4.69, 9.17) is 0 Å². The highest BCUT2D eigenvalue weighted by Gasteiger charge is 2.10. The Bertz CT molecular complexity index is 638. The van der Waals surface area contributed by atoms with Crippen LogP contribution in [0.3, 0.4) is 0 Å². The smallest absolute Gasteiger partial charge is 0.162 e. The van der Waals surface area contributed by atoms with E-state index < -0.39 is 0 Å². The van der Waals surface area contributed by atoms with Gasteiger partial charge in [0.05, 0.1) is 5.52 Å². The molecule has 2 rings (SSSR count). The molecular weight excluding hydrogens is 292 g/mol. The van der Waals surface area contributed by atoms with Crippen LogP contribution in [0.4, 0.5) is 0 Å². The third-order valence-corrected chi connectivity index (χ3v) is 4.37. The number of rotatable bonds is 8. The van der Waals surface area contributed by atoms with Crippen LogP contribution in [-0.2, 0) is 0 Å². The monoisotopic (exact) mass is 316 g/mol. The molecule has 0 fully saturated rings. The van der Waals surface area contributed by atoms with Crippen molar-refractivity contribution in [2.75, 3.05) is 19.6 Å². The molecule has 0 saturated carbocycles. The number of pyridine rings is 1. The Morgan fingerprint density at radius 2 is 2.00 bits per heavy atom. The number of ketones is 1. The second kappa shape index (κ2) is 8.30. The van der Waals surface area contributed by atoms with Gasteiger partial charge in [0, 0.05) is 28.5 Å². The number of aromatic nitrogens is 1. The fraction of sp³-hybridized carbons (Fsp3) is 0.444. The van der Waals surface area contributed by atoms with Crippen LogP contribution >= 0.6 is 12.6 Å². The van der Waals surface area contributed by atoms with E-state index in [9.17, 15) is 4.79 Å². The van der Waals surface area contributed by atoms with Crippen molar-refractivity contribution >= 4 is 29.3 Å². The van der Waals surface area contributed by atoms with Crippen molar-refractivity contribution in [2.24, 2.45) is 0 Å². The Morgan fingerprint density at radius 1 is 1.23 bits per heavy atom. The van der Waals surface area contributed by atoms with Gasteiger partial charge >= 0.3 is 0 Å². The molecule has 0 aliphatic rings. The van der Waals surface area contributed by atoms with Crippen molar-refractivity contribution in [3.63, 3.8) is 0 Å². The molecule has 2 aromatic rings. The summed E-state index contributed by atoms with van der Waals surface area (Å²) in [6.07, 6.45) is 4.34. The lowest BCUT2D eigenvalue weighted by molar-refractivity contribution is 0.0978. The summed E-state index contributed by atoms with van der Waals surface area (Å²) in [6, 6.07) is 7.62. The molecule has 0 aliphatic carbocycles. The van der Waals surface area contributed by atoms with Gasteiger partial charge in [-0.1, -0.05) is 19.9 Å². The minimum Gasteiger partial charge on any atom is -0.304 e. The summed E-state index contributed by atoms with van der Waals surface area (Å²) in [5.74, 6) is 0.195. The molecule has 0 aliphatic heterocycles. The zero-order valence-corrected chi connectivity index (χ0v) is 14.3. The predicted octanol–water partition coefficient (Wildman–Crippen LogP) is 4.22. The van der Waals surface area contributed by atoms with Crippen molar-refractivity contribution in [1.82, 2.24) is 9.88 Å². The number of Topliss-reactive ketones (excluding diaryl/α,β-unsaturated/α-hetero) is 1. The summed E-state index contributed by atoms with van der Waals surface area (Å²) in [7, 11) is 0. The van der Waals surface area contributed by atoms with Gasteiger partial charge in [-0.05, 0) is 50.7 Å². The Balaban J connectivity index is 1.95. The van der Waals surface area contributed by atoms with Crippen LogP contribution < -0.4 is 0 Å². The summed E-state index contributed by atoms with van der Waals surface area (Å²) >= 11 is 4.45. The van der Waals surface area contributed by atoms with Crippen LogP contribution in [0.15, 0.2) is 35.4 Å². The number of hydrogen-bond donors (Lipinski definition) is 1. The van der Waals surface area contributed by atoms with E-state index in [-0.39, 0.29) is 5.78 Å². The van der Waals surface area contributed by atoms with Crippen molar-refractivity contribution in [2.45, 2.75) is 38.0 Å². The highest BCUT2D eigenvalue weighted by Crippen LogP contribution is 2.23. The molecule has 0 atom stereocenters. The number of fused-ring (bicyclic) bond motifs is 1. The standard InChI is InChI=1S/C18H24N2OS/c1-3-20(4-2)11-6-5-9-16(21)15-12-14-8-7-10-19-18(14)17(22)13-15/h7-8,10,12-13,22H,3-6,9,11H2,1-2H3. The van der Waals surface area contributed by atoms with E-state index in [1.54, 1.807) is 6.20 Å². The molecule has 1 aromatic heterocycles. The average molecular weight is 316 g/mol. The number of carbonyl (C=O) groups excluding carboxylic acids is 1. The first-order chi connectivity index (χ1) is 10.7. The molecule has 0 radical (unpaired) electrons. The molecule has 0 saturated heterocycles. The molecular formula is C18H24N2OS. The molecule has 1 aromatic carbocycles. The normalized spacial score (nSPS) is 11.3. The molecule has 0 N–H and O–H groups in total. The second-order valence-corrected chi connectivity index (χ2v) is 5.96. The molecule has 3 nitrogen and oxygen atoms in total. The van der Waals surface area contributed by atoms with Gasteiger partial charge in [-0.2, -0.15) is 0 Å². The summed E-state index contributed by atoms with van der Waals surface area (Å²) in [5.41, 5.74) is 1.59. The van der Waals surface area contributed by atoms with Gasteiger partial charge in [-0.25, -0.2) is 0 Å². The highest BCUT2D eigenvalue weighted by molar-refractivity contribution is 7.80. The Kier molecular flexibility index (Phi) is 6.40. The maximum absolute atomic E-state index is 12.4. The van der Waals surface area contributed by atoms with Crippen LogP contribution in [0.25, 0.3) is 10.9 Å². The maximum Gasteiger partial charge on any atom is 0.162 e. The van der Waals surface area contributed by atoms with Crippen molar-refractivity contribution in [3.8, 4) is 0 Å². The van der Waals surface area contributed by atoms with E-state index in [0.717, 1.165) is 53.8 Å². The molecule has 0 spiro atoms. The van der Waals surface area contributed by atoms with Gasteiger partial charge in [0.25, 0.3) is 0 Å². The number of thiol groups is 1. The third-order valence-electron chi connectivity index (χ3n) is 4.03. The van der Waals surface area contributed by atoms with E-state index >= 15 is 0 Å². The minimum absolute atomic E-state index is 0.195. The largest absolute Gasteiger partial charge is 0.304 e. The molecule has 118 valence electrons. The van der Waals surface area contributed by atoms with Crippen LogP contribution in [0, 0.1) is 0 Å². The summed E-state index contributed by atoms with van der Waals surface area (Å²) in [5, 5.41) is 0.974. The molecule has 0 unspecified atom stereocenters. The lowest BCUT2D eigenvalue weighted by atomic mass is 10.0. The number of carbonyl (C=O) groups is 1. The summed E-state index contributed by atoms with van der Waals surface area (Å²) in [4.78, 5) is 19.8. The number of hydrogen-bond acceptors (Lipinski definition) is 4. The van der Waals surface area contributed by atoms with Crippen molar-refractivity contribution in [1.29, 1.82) is 0 Å². The Morgan fingerprint density at radius 3 is 2.73 bits per heavy atom. The minimum atomic E-state index is 0.195. The Labute approximate surface area is 138 Å². The molecule has 0 amide bonds. The SMILES string of the molecule is CCN(CC)CCCCC(=O)c1cc(S)c2ncccc2c1. The van der Waals surface area contributed by atoms with E-state index in [2.05, 4.69) is 36.4 Å². The van der Waals surface area contributed by atoms with E-state index in [0.29, 0.717) is 6.42 Å². The molecule has 0 bridgehead atoms. The highest BCUT2D eigenvalue weighted by atomic mass is 32.1. The zero-order valence-electron chi connectivity index (χ0n) is 13.4. The van der Waals surface area contributed by atoms with Crippen molar-refractivity contribution < 1.29 is 4.79 Å². The van der Waals surface area contributed by atoms with Crippen LogP contribution in [0.2, 0.25) is 0 Å². The summed E-state index contributed by atoms with van der Waals surface area (Å²) in [6.45, 7) is 7.56. The fourth-order valence-electron chi connectivity index (χ4n) is 2.64. The topological polar surface area (TPSA) is 33.2 Å². The van der Waals surface area contributed by atoms with Gasteiger partial charge in [0.2, 0.25) is 0 Å². The number of benzene rings is 1. The molecule has 22 heavy (non-hydrogen) atoms. The van der Waals surface area contributed by atoms with Crippen molar-refractivity contribution in [3.05, 3.63) is 36.0 Å². The number of unbranched alkanes of at least 4 members (excludes halogenated alkanes) is 1. The number of nitrogens with zero attached hydrogens (tertiary/aromatic N) is 2. The summed E-state index contributed by atoms with van der Waals surface area (Å²) < 4.78 is 0. The van der Waals surface area contributed by atoms with Crippen LogP contribution in [0.5, 0.6) is 0 Å². The predicted molar refractivity (Wildman–Crippen MR) is 95.0 cm³/mol. The van der Waals surface area contributed by atoms with Gasteiger partial charge < -0.3 is 4.90 Å². The zero-order chi connectivity index (χ0) is 15.9. The van der Waals surface area contributed by atoms with Gasteiger partial charge in [0.1, 0.15) is 0 Å². The van der Waals surface area contributed by atoms with Gasteiger partial charge in [-0.3, -0.25) is 9.78 Å². The Hall–Kier alpha value is -1.39. The third kappa shape index (κ3) is 4.31. The quantitative estimate of drug-likeness (QED) is 0.450. The lowest BCUT2D eigenvalue weighted by Crippen LogP contribution is -2.24. The van der Waals surface area contributed by atoms with Crippen LogP contribution in [-0.4, -0.2) is 35.3 Å². The first-order valence-corrected chi connectivity index (χ1v) is 8.43. The second-order valence-electron chi connectivity index (χ2n) is 5.48. The first-order valence-electron chi connectivity index (χ1n) is 7.99. The first kappa shape index (κ1) is 17.0. The van der Waals surface area contributed by atoms with E-state index in [1.807, 2.05) is 24.3 Å². The van der Waals surface area contributed by atoms with Crippen LogP contribution in [0.1, 0.15) is 43.5 Å². The fourth-order valence-corrected chi connectivity index (χ4v) is 2.97. The molecule has 1 heterocycles. The molecule has 4 heteroatoms. The van der Waals surface area contributed by atoms with E-state index in [1.165, 1.54) is 0 Å².